The average molecular weight is 274 g/mol. The van der Waals surface area contributed by atoms with Gasteiger partial charge in [0.05, 0.1) is 0 Å². The zero-order valence-corrected chi connectivity index (χ0v) is 12.7. The molecule has 1 amide bonds. The molecule has 0 fully saturated rings. The third-order valence-electron chi connectivity index (χ3n) is 4.11. The highest BCUT2D eigenvalue weighted by Crippen LogP contribution is 2.30. The number of rotatable bonds is 6. The first-order valence-electron chi connectivity index (χ1n) is 7.83. The average Bonchev–Trinajstić information content (AvgIpc) is 2.87. The van der Waals surface area contributed by atoms with E-state index in [1.54, 1.807) is 0 Å². The van der Waals surface area contributed by atoms with Crippen molar-refractivity contribution in [2.45, 2.75) is 58.4 Å². The molecule has 2 rings (SSSR count). The van der Waals surface area contributed by atoms with Crippen LogP contribution in [0, 0.1) is 0 Å². The lowest BCUT2D eigenvalue weighted by atomic mass is 10.0. The Labute approximate surface area is 122 Å². The van der Waals surface area contributed by atoms with Crippen LogP contribution in [-0.2, 0) is 17.6 Å². The van der Waals surface area contributed by atoms with Crippen LogP contribution in [0.25, 0.3) is 0 Å². The highest BCUT2D eigenvalue weighted by molar-refractivity contribution is 5.95. The van der Waals surface area contributed by atoms with E-state index >= 15 is 0 Å². The molecule has 1 aromatic rings. The van der Waals surface area contributed by atoms with E-state index in [0.717, 1.165) is 44.3 Å². The molecule has 3 heteroatoms. The number of unbranched alkanes of at least 4 members (excludes halogenated alkanes) is 1. The lowest BCUT2D eigenvalue weighted by Crippen LogP contribution is -2.28. The lowest BCUT2D eigenvalue weighted by Gasteiger charge is -2.18. The third-order valence-corrected chi connectivity index (χ3v) is 4.11. The molecule has 1 aliphatic rings. The predicted octanol–water partition coefficient (Wildman–Crippen LogP) is 3.05. The second kappa shape index (κ2) is 6.89. The van der Waals surface area contributed by atoms with Gasteiger partial charge in [-0.2, -0.15) is 0 Å². The van der Waals surface area contributed by atoms with Crippen LogP contribution in [0.4, 0.5) is 5.69 Å². The second-order valence-electron chi connectivity index (χ2n) is 5.73. The Morgan fingerprint density at radius 3 is 2.90 bits per heavy atom. The minimum atomic E-state index is 0.233. The maximum Gasteiger partial charge on any atom is 0.226 e. The van der Waals surface area contributed by atoms with Crippen molar-refractivity contribution in [3.8, 4) is 0 Å². The fourth-order valence-corrected chi connectivity index (χ4v) is 2.75. The summed E-state index contributed by atoms with van der Waals surface area (Å²) >= 11 is 0. The Hall–Kier alpha value is -1.35. The van der Waals surface area contributed by atoms with Gasteiger partial charge in [0.2, 0.25) is 5.91 Å². The van der Waals surface area contributed by atoms with Gasteiger partial charge >= 0.3 is 0 Å². The summed E-state index contributed by atoms with van der Waals surface area (Å²) in [5, 5.41) is 0. The number of fused-ring (bicyclic) bond motifs is 1. The Morgan fingerprint density at radius 2 is 2.20 bits per heavy atom. The van der Waals surface area contributed by atoms with Crippen LogP contribution in [0.1, 0.15) is 50.7 Å². The molecule has 2 N–H and O–H groups in total. The quantitative estimate of drug-likeness (QED) is 0.866. The van der Waals surface area contributed by atoms with Crippen molar-refractivity contribution in [3.63, 3.8) is 0 Å². The summed E-state index contributed by atoms with van der Waals surface area (Å²) in [7, 11) is 0. The van der Waals surface area contributed by atoms with Gasteiger partial charge in [-0.1, -0.05) is 32.4 Å². The van der Waals surface area contributed by atoms with Gasteiger partial charge in [-0.05, 0) is 42.9 Å². The van der Waals surface area contributed by atoms with Crippen LogP contribution >= 0.6 is 0 Å². The maximum absolute atomic E-state index is 12.2. The number of benzene rings is 1. The summed E-state index contributed by atoms with van der Waals surface area (Å²) in [5.74, 6) is 0.267. The topological polar surface area (TPSA) is 46.3 Å². The number of carbonyl (C=O) groups excluding carboxylic acids is 1. The number of nitrogens with zero attached hydrogens (tertiary/aromatic N) is 1. The van der Waals surface area contributed by atoms with Crippen molar-refractivity contribution in [1.82, 2.24) is 0 Å². The highest BCUT2D eigenvalue weighted by atomic mass is 16.2. The minimum absolute atomic E-state index is 0.233. The van der Waals surface area contributed by atoms with Crippen LogP contribution in [-0.4, -0.2) is 18.5 Å². The van der Waals surface area contributed by atoms with E-state index in [1.807, 2.05) is 4.90 Å². The monoisotopic (exact) mass is 274 g/mol. The first kappa shape index (κ1) is 15.0. The molecule has 0 spiro atoms. The molecule has 0 saturated heterocycles. The van der Waals surface area contributed by atoms with Gasteiger partial charge in [-0.25, -0.2) is 0 Å². The first-order chi connectivity index (χ1) is 9.65. The van der Waals surface area contributed by atoms with E-state index in [4.69, 9.17) is 5.73 Å². The molecular formula is C17H26N2O. The molecule has 0 radical (unpaired) electrons. The van der Waals surface area contributed by atoms with Crippen molar-refractivity contribution in [2.24, 2.45) is 5.73 Å². The third kappa shape index (κ3) is 3.40. The van der Waals surface area contributed by atoms with Crippen molar-refractivity contribution >= 4 is 11.6 Å². The molecule has 0 aliphatic carbocycles. The van der Waals surface area contributed by atoms with Gasteiger partial charge in [-0.15, -0.1) is 0 Å². The van der Waals surface area contributed by atoms with E-state index in [9.17, 15) is 4.79 Å². The van der Waals surface area contributed by atoms with Crippen LogP contribution in [0.5, 0.6) is 0 Å². The van der Waals surface area contributed by atoms with Crippen molar-refractivity contribution in [3.05, 3.63) is 29.3 Å². The van der Waals surface area contributed by atoms with Crippen LogP contribution in [0.3, 0.4) is 0 Å². The highest BCUT2D eigenvalue weighted by Gasteiger charge is 2.24. The van der Waals surface area contributed by atoms with E-state index in [-0.39, 0.29) is 11.9 Å². The number of anilines is 1. The van der Waals surface area contributed by atoms with E-state index in [0.29, 0.717) is 6.42 Å². The largest absolute Gasteiger partial charge is 0.327 e. The smallest absolute Gasteiger partial charge is 0.226 e. The number of amides is 1. The molecule has 1 unspecified atom stereocenters. The molecule has 0 aromatic heterocycles. The van der Waals surface area contributed by atoms with Gasteiger partial charge in [0.1, 0.15) is 0 Å². The summed E-state index contributed by atoms with van der Waals surface area (Å²) in [6, 6.07) is 6.69. The van der Waals surface area contributed by atoms with Gasteiger partial charge < -0.3 is 10.6 Å². The summed E-state index contributed by atoms with van der Waals surface area (Å²) in [4.78, 5) is 14.1. The van der Waals surface area contributed by atoms with E-state index < -0.39 is 0 Å². The summed E-state index contributed by atoms with van der Waals surface area (Å²) in [6.07, 6.45) is 5.61. The summed E-state index contributed by atoms with van der Waals surface area (Å²) in [6.45, 7) is 5.07. The zero-order chi connectivity index (χ0) is 14.5. The van der Waals surface area contributed by atoms with Crippen LogP contribution in [0.15, 0.2) is 18.2 Å². The Bertz CT molecular complexity index is 470. The zero-order valence-electron chi connectivity index (χ0n) is 12.7. The number of hydrogen-bond acceptors (Lipinski definition) is 2. The lowest BCUT2D eigenvalue weighted by molar-refractivity contribution is -0.118. The number of hydrogen-bond donors (Lipinski definition) is 1. The fraction of sp³-hybridized carbons (Fsp3) is 0.588. The molecule has 1 atom stereocenters. The van der Waals surface area contributed by atoms with Gasteiger partial charge in [0.25, 0.3) is 0 Å². The van der Waals surface area contributed by atoms with E-state index in [1.165, 1.54) is 11.1 Å². The molecule has 110 valence electrons. The fourth-order valence-electron chi connectivity index (χ4n) is 2.75. The number of nitrogens with two attached hydrogens (primary N) is 1. The molecule has 20 heavy (non-hydrogen) atoms. The number of carbonyl (C=O) groups is 1. The molecule has 0 saturated carbocycles. The van der Waals surface area contributed by atoms with Crippen molar-refractivity contribution < 1.29 is 4.79 Å². The second-order valence-corrected chi connectivity index (χ2v) is 5.73. The maximum atomic E-state index is 12.2. The van der Waals surface area contributed by atoms with Gasteiger partial charge in [-0.3, -0.25) is 4.79 Å². The molecular weight excluding hydrogens is 248 g/mol. The normalized spacial score (nSPS) is 15.2. The van der Waals surface area contributed by atoms with Gasteiger partial charge in [0.15, 0.2) is 0 Å². The molecule has 1 aromatic carbocycles. The Morgan fingerprint density at radius 1 is 1.40 bits per heavy atom. The van der Waals surface area contributed by atoms with Crippen molar-refractivity contribution in [2.75, 3.05) is 11.4 Å². The Kier molecular flexibility index (Phi) is 5.18. The minimum Gasteiger partial charge on any atom is -0.327 e. The summed E-state index contributed by atoms with van der Waals surface area (Å²) in [5.41, 5.74) is 9.72. The Balaban J connectivity index is 2.08. The SMILES string of the molecule is CCCCC(=O)N1CCc2cc(CC(N)CC)ccc21. The molecule has 0 bridgehead atoms. The van der Waals surface area contributed by atoms with E-state index in [2.05, 4.69) is 32.0 Å². The summed E-state index contributed by atoms with van der Waals surface area (Å²) < 4.78 is 0. The van der Waals surface area contributed by atoms with Crippen molar-refractivity contribution in [1.29, 1.82) is 0 Å². The van der Waals surface area contributed by atoms with Crippen LogP contribution < -0.4 is 10.6 Å². The molecule has 1 aliphatic heterocycles. The molecule has 3 nitrogen and oxygen atoms in total. The predicted molar refractivity (Wildman–Crippen MR) is 84.0 cm³/mol. The molecule has 1 heterocycles. The standard InChI is InChI=1S/C17H26N2O/c1-3-5-6-17(20)19-10-9-14-11-13(7-8-16(14)19)12-15(18)4-2/h7-8,11,15H,3-6,9-10,12,18H2,1-2H3. The van der Waals surface area contributed by atoms with Crippen LogP contribution in [0.2, 0.25) is 0 Å². The first-order valence-corrected chi connectivity index (χ1v) is 7.83. The van der Waals surface area contributed by atoms with Gasteiger partial charge in [0, 0.05) is 24.7 Å².